The number of carbonyl (C=O) groups excluding carboxylic acids is 2. The second-order valence-electron chi connectivity index (χ2n) is 8.07. The first-order chi connectivity index (χ1) is 16.1. The van der Waals surface area contributed by atoms with Crippen LogP contribution in [0.3, 0.4) is 0 Å². The first-order valence-electron chi connectivity index (χ1n) is 10.9. The minimum Gasteiger partial charge on any atom is -0.343 e. The Morgan fingerprint density at radius 3 is 2.42 bits per heavy atom. The van der Waals surface area contributed by atoms with E-state index in [9.17, 15) is 9.59 Å². The molecule has 4 aromatic rings. The zero-order valence-electron chi connectivity index (χ0n) is 18.2. The van der Waals surface area contributed by atoms with Gasteiger partial charge in [0.2, 0.25) is 17.6 Å². The Bertz CT molecular complexity index is 1290. The summed E-state index contributed by atoms with van der Waals surface area (Å²) in [6, 6.07) is 17.0. The minimum absolute atomic E-state index is 0.00464. The molecule has 0 aliphatic carbocycles. The molecular weight excluding hydrogens is 418 g/mol. The van der Waals surface area contributed by atoms with Crippen LogP contribution in [0.4, 0.5) is 5.69 Å². The number of hydrogen-bond acceptors (Lipinski definition) is 6. The number of fused-ring (bicyclic) bond motifs is 1. The predicted molar refractivity (Wildman–Crippen MR) is 123 cm³/mol. The molecule has 0 saturated carbocycles. The van der Waals surface area contributed by atoms with E-state index in [0.29, 0.717) is 43.1 Å². The van der Waals surface area contributed by atoms with Crippen LogP contribution in [0.15, 0.2) is 60.8 Å². The van der Waals surface area contributed by atoms with Crippen LogP contribution in [0.2, 0.25) is 0 Å². The maximum atomic E-state index is 12.6. The highest BCUT2D eigenvalue weighted by atomic mass is 16.2. The summed E-state index contributed by atoms with van der Waals surface area (Å²) in [5.41, 5.74) is 3.73. The molecule has 0 unspecified atom stereocenters. The van der Waals surface area contributed by atoms with Crippen molar-refractivity contribution in [3.8, 4) is 22.8 Å². The van der Waals surface area contributed by atoms with Gasteiger partial charge in [0.15, 0.2) is 5.65 Å². The molecule has 166 valence electrons. The van der Waals surface area contributed by atoms with Gasteiger partial charge in [-0.15, -0.1) is 10.2 Å². The van der Waals surface area contributed by atoms with Crippen molar-refractivity contribution in [3.05, 3.63) is 60.8 Å². The van der Waals surface area contributed by atoms with Crippen LogP contribution in [0.25, 0.3) is 28.4 Å². The van der Waals surface area contributed by atoms with Crippen molar-refractivity contribution in [3.63, 3.8) is 0 Å². The second kappa shape index (κ2) is 8.78. The molecule has 1 aliphatic heterocycles. The minimum atomic E-state index is -0.0805. The van der Waals surface area contributed by atoms with Gasteiger partial charge in [-0.25, -0.2) is 0 Å². The lowest BCUT2D eigenvalue weighted by Crippen LogP contribution is -2.40. The first kappa shape index (κ1) is 20.7. The number of pyridine rings is 1. The Morgan fingerprint density at radius 2 is 1.73 bits per heavy atom. The molecule has 5 rings (SSSR count). The number of piperidine rings is 1. The Kier molecular flexibility index (Phi) is 5.52. The molecular formula is C24H23N7O2. The van der Waals surface area contributed by atoms with Gasteiger partial charge in [-0.2, -0.15) is 9.61 Å². The summed E-state index contributed by atoms with van der Waals surface area (Å²) in [7, 11) is 0. The quantitative estimate of drug-likeness (QED) is 0.522. The Morgan fingerprint density at radius 1 is 0.939 bits per heavy atom. The second-order valence-corrected chi connectivity index (χ2v) is 8.07. The molecule has 3 aromatic heterocycles. The maximum absolute atomic E-state index is 12.6. The lowest BCUT2D eigenvalue weighted by Gasteiger charge is -2.30. The van der Waals surface area contributed by atoms with E-state index >= 15 is 0 Å². The average molecular weight is 441 g/mol. The van der Waals surface area contributed by atoms with E-state index in [0.717, 1.165) is 16.9 Å². The largest absolute Gasteiger partial charge is 0.343 e. The monoisotopic (exact) mass is 441 g/mol. The predicted octanol–water partition coefficient (Wildman–Crippen LogP) is 3.05. The molecule has 0 bridgehead atoms. The van der Waals surface area contributed by atoms with Crippen LogP contribution < -0.4 is 5.32 Å². The molecule has 9 nitrogen and oxygen atoms in total. The van der Waals surface area contributed by atoms with Gasteiger partial charge in [0.1, 0.15) is 5.69 Å². The molecule has 0 spiro atoms. The van der Waals surface area contributed by atoms with E-state index in [4.69, 9.17) is 5.10 Å². The number of anilines is 1. The normalized spacial score (nSPS) is 14.4. The lowest BCUT2D eigenvalue weighted by molar-refractivity contribution is -0.132. The summed E-state index contributed by atoms with van der Waals surface area (Å²) in [6.45, 7) is 2.82. The van der Waals surface area contributed by atoms with Crippen molar-refractivity contribution in [1.82, 2.24) is 29.7 Å². The highest BCUT2D eigenvalue weighted by molar-refractivity contribution is 5.93. The number of nitrogens with one attached hydrogen (secondary N) is 1. The number of carbonyl (C=O) groups is 2. The number of likely N-dealkylation sites (tertiary alicyclic amines) is 1. The molecule has 1 N–H and O–H groups in total. The number of amides is 2. The first-order valence-corrected chi connectivity index (χ1v) is 10.9. The maximum Gasteiger partial charge on any atom is 0.227 e. The number of benzene rings is 1. The number of hydrogen-bond donors (Lipinski definition) is 1. The summed E-state index contributed by atoms with van der Waals surface area (Å²) >= 11 is 0. The molecule has 1 saturated heterocycles. The molecule has 1 aliphatic rings. The number of aromatic nitrogens is 5. The smallest absolute Gasteiger partial charge is 0.227 e. The summed E-state index contributed by atoms with van der Waals surface area (Å²) in [4.78, 5) is 30.2. The topological polar surface area (TPSA) is 105 Å². The molecule has 1 aromatic carbocycles. The molecule has 9 heteroatoms. The molecule has 1 fully saturated rings. The van der Waals surface area contributed by atoms with Crippen LogP contribution in [0.5, 0.6) is 0 Å². The van der Waals surface area contributed by atoms with Gasteiger partial charge in [-0.05, 0) is 49.2 Å². The van der Waals surface area contributed by atoms with E-state index in [1.54, 1.807) is 22.5 Å². The highest BCUT2D eigenvalue weighted by Gasteiger charge is 2.26. The van der Waals surface area contributed by atoms with Crippen LogP contribution in [0.1, 0.15) is 19.8 Å². The zero-order chi connectivity index (χ0) is 22.8. The van der Waals surface area contributed by atoms with E-state index < -0.39 is 0 Å². The third-order valence-electron chi connectivity index (χ3n) is 5.92. The fourth-order valence-corrected chi connectivity index (χ4v) is 4.02. The van der Waals surface area contributed by atoms with E-state index in [2.05, 4.69) is 20.5 Å². The van der Waals surface area contributed by atoms with Gasteiger partial charge < -0.3 is 10.2 Å². The molecule has 2 amide bonds. The number of nitrogens with zero attached hydrogens (tertiary/aromatic N) is 6. The van der Waals surface area contributed by atoms with E-state index in [1.807, 2.05) is 54.6 Å². The van der Waals surface area contributed by atoms with Gasteiger partial charge in [0.25, 0.3) is 0 Å². The van der Waals surface area contributed by atoms with Crippen LogP contribution in [-0.4, -0.2) is 54.6 Å². The van der Waals surface area contributed by atoms with Crippen LogP contribution >= 0.6 is 0 Å². The SMILES string of the molecule is CC(=O)N1CCC(C(=O)Nc2ccc(-c3ccc4nnc(-c5ccccn5)n4n3)cc2)CC1. The van der Waals surface area contributed by atoms with Gasteiger partial charge in [-0.1, -0.05) is 18.2 Å². The van der Waals surface area contributed by atoms with Gasteiger partial charge >= 0.3 is 0 Å². The fraction of sp³-hybridized carbons (Fsp3) is 0.250. The summed E-state index contributed by atoms with van der Waals surface area (Å²) < 4.78 is 1.68. The lowest BCUT2D eigenvalue weighted by atomic mass is 9.95. The van der Waals surface area contributed by atoms with E-state index in [-0.39, 0.29) is 17.7 Å². The third kappa shape index (κ3) is 4.30. The van der Waals surface area contributed by atoms with Crippen molar-refractivity contribution in [2.24, 2.45) is 5.92 Å². The van der Waals surface area contributed by atoms with E-state index in [1.165, 1.54) is 0 Å². The molecule has 0 atom stereocenters. The standard InChI is InChI=1S/C24H23N7O2/c1-16(32)30-14-11-18(12-15-30)24(33)26-19-7-5-17(6-8-19)20-9-10-22-27-28-23(31(22)29-20)21-4-2-3-13-25-21/h2-10,13,18H,11-12,14-15H2,1H3,(H,26,33). The summed E-state index contributed by atoms with van der Waals surface area (Å²) in [6.07, 6.45) is 3.08. The summed E-state index contributed by atoms with van der Waals surface area (Å²) in [5, 5.41) is 16.1. The van der Waals surface area contributed by atoms with Crippen molar-refractivity contribution in [2.75, 3.05) is 18.4 Å². The Balaban J connectivity index is 1.30. The zero-order valence-corrected chi connectivity index (χ0v) is 18.2. The number of rotatable bonds is 4. The van der Waals surface area contributed by atoms with Crippen LogP contribution in [0, 0.1) is 5.92 Å². The van der Waals surface area contributed by atoms with Gasteiger partial charge in [0.05, 0.1) is 5.69 Å². The highest BCUT2D eigenvalue weighted by Crippen LogP contribution is 2.23. The average Bonchev–Trinajstić information content (AvgIpc) is 3.28. The Labute approximate surface area is 190 Å². The third-order valence-corrected chi connectivity index (χ3v) is 5.92. The fourth-order valence-electron chi connectivity index (χ4n) is 4.02. The summed E-state index contributed by atoms with van der Waals surface area (Å²) in [5.74, 6) is 0.556. The molecule has 4 heterocycles. The van der Waals surface area contributed by atoms with Crippen molar-refractivity contribution in [2.45, 2.75) is 19.8 Å². The van der Waals surface area contributed by atoms with Crippen molar-refractivity contribution >= 4 is 23.1 Å². The van der Waals surface area contributed by atoms with Crippen LogP contribution in [-0.2, 0) is 9.59 Å². The van der Waals surface area contributed by atoms with Gasteiger partial charge in [0, 0.05) is 43.4 Å². The van der Waals surface area contributed by atoms with Gasteiger partial charge in [-0.3, -0.25) is 14.6 Å². The van der Waals surface area contributed by atoms with Crippen molar-refractivity contribution < 1.29 is 9.59 Å². The molecule has 0 radical (unpaired) electrons. The molecule has 33 heavy (non-hydrogen) atoms. The van der Waals surface area contributed by atoms with Crippen molar-refractivity contribution in [1.29, 1.82) is 0 Å². The Hall–Kier alpha value is -4.14.